The van der Waals surface area contributed by atoms with Crippen LogP contribution in [-0.4, -0.2) is 34.7 Å². The predicted octanol–water partition coefficient (Wildman–Crippen LogP) is 4.23. The minimum absolute atomic E-state index is 0.425. The van der Waals surface area contributed by atoms with Gasteiger partial charge in [0.2, 0.25) is 0 Å². The molecule has 0 bridgehead atoms. The van der Waals surface area contributed by atoms with E-state index in [4.69, 9.17) is 4.74 Å². The normalized spacial score (nSPS) is 17.4. The number of likely N-dealkylation sites (N-methyl/N-ethyl adjacent to an activating group) is 1. The van der Waals surface area contributed by atoms with Crippen LogP contribution in [0.1, 0.15) is 36.8 Å². The van der Waals surface area contributed by atoms with Crippen molar-refractivity contribution in [1.82, 2.24) is 14.5 Å². The molecule has 2 aromatic heterocycles. The molecule has 0 aliphatic carbocycles. The summed E-state index contributed by atoms with van der Waals surface area (Å²) in [7, 11) is 2.22. The van der Waals surface area contributed by atoms with Crippen molar-refractivity contribution in [1.29, 1.82) is 0 Å². The van der Waals surface area contributed by atoms with Gasteiger partial charge >= 0.3 is 0 Å². The summed E-state index contributed by atoms with van der Waals surface area (Å²) in [4.78, 5) is 6.94. The first kappa shape index (κ1) is 17.1. The second-order valence-electron chi connectivity index (χ2n) is 7.10. The molecule has 136 valence electrons. The molecule has 1 atom stereocenters. The van der Waals surface area contributed by atoms with Gasteiger partial charge < -0.3 is 9.30 Å². The highest BCUT2D eigenvalue weighted by molar-refractivity contribution is 5.87. The Morgan fingerprint density at radius 2 is 2.12 bits per heavy atom. The standard InChI is InChI=1S/C22H27N3O/c1-4-26-18-8-9-20-19(15-18)22-16(2)24(3)13-11-21(22)25(20)14-10-17-7-5-6-12-23-17/h5-9,12,15-16H,4,10-11,13-14H2,1-3H3. The lowest BCUT2D eigenvalue weighted by Crippen LogP contribution is -2.31. The van der Waals surface area contributed by atoms with E-state index in [9.17, 15) is 0 Å². The quantitative estimate of drug-likeness (QED) is 0.691. The Bertz CT molecular complexity index is 901. The highest BCUT2D eigenvalue weighted by atomic mass is 16.5. The summed E-state index contributed by atoms with van der Waals surface area (Å²) in [6, 6.07) is 13.1. The SMILES string of the molecule is CCOc1ccc2c(c1)c1c(n2CCc2ccccn2)CCN(C)C1C. The zero-order valence-electron chi connectivity index (χ0n) is 15.9. The summed E-state index contributed by atoms with van der Waals surface area (Å²) in [5, 5.41) is 1.34. The molecule has 26 heavy (non-hydrogen) atoms. The average molecular weight is 349 g/mol. The van der Waals surface area contributed by atoms with Crippen LogP contribution >= 0.6 is 0 Å². The van der Waals surface area contributed by atoms with Gasteiger partial charge in [-0.15, -0.1) is 0 Å². The molecule has 0 fully saturated rings. The van der Waals surface area contributed by atoms with Crippen LogP contribution in [0.4, 0.5) is 0 Å². The van der Waals surface area contributed by atoms with Gasteiger partial charge in [-0.3, -0.25) is 9.88 Å². The van der Waals surface area contributed by atoms with Gasteiger partial charge in [0.15, 0.2) is 0 Å². The maximum absolute atomic E-state index is 5.77. The summed E-state index contributed by atoms with van der Waals surface area (Å²) < 4.78 is 8.29. The second kappa shape index (κ2) is 7.12. The fourth-order valence-electron chi connectivity index (χ4n) is 4.13. The van der Waals surface area contributed by atoms with Crippen LogP contribution in [0.25, 0.3) is 10.9 Å². The molecule has 1 aliphatic heterocycles. The minimum Gasteiger partial charge on any atom is -0.494 e. The molecule has 4 heteroatoms. The topological polar surface area (TPSA) is 30.3 Å². The van der Waals surface area contributed by atoms with Crippen molar-refractivity contribution in [3.8, 4) is 5.75 Å². The molecule has 1 aromatic carbocycles. The van der Waals surface area contributed by atoms with Crippen LogP contribution < -0.4 is 4.74 Å². The van der Waals surface area contributed by atoms with Crippen LogP contribution in [0.5, 0.6) is 5.75 Å². The molecule has 0 saturated carbocycles. The van der Waals surface area contributed by atoms with E-state index in [-0.39, 0.29) is 0 Å². The Kier molecular flexibility index (Phi) is 4.68. The number of aromatic nitrogens is 2. The van der Waals surface area contributed by atoms with Crippen molar-refractivity contribution in [2.24, 2.45) is 0 Å². The van der Waals surface area contributed by atoms with Crippen molar-refractivity contribution in [3.63, 3.8) is 0 Å². The number of aryl methyl sites for hydroxylation is 2. The molecule has 4 nitrogen and oxygen atoms in total. The van der Waals surface area contributed by atoms with Crippen LogP contribution in [0.15, 0.2) is 42.6 Å². The molecular weight excluding hydrogens is 322 g/mol. The van der Waals surface area contributed by atoms with E-state index in [1.165, 1.54) is 22.2 Å². The summed E-state index contributed by atoms with van der Waals surface area (Å²) >= 11 is 0. The fourth-order valence-corrected chi connectivity index (χ4v) is 4.13. The van der Waals surface area contributed by atoms with Crippen LogP contribution in [0.2, 0.25) is 0 Å². The van der Waals surface area contributed by atoms with Crippen LogP contribution in [-0.2, 0) is 19.4 Å². The molecule has 1 aliphatic rings. The van der Waals surface area contributed by atoms with Gasteiger partial charge in [-0.25, -0.2) is 0 Å². The van der Waals surface area contributed by atoms with Gasteiger partial charge in [0.25, 0.3) is 0 Å². The van der Waals surface area contributed by atoms with E-state index >= 15 is 0 Å². The van der Waals surface area contributed by atoms with E-state index in [0.717, 1.165) is 37.4 Å². The van der Waals surface area contributed by atoms with Gasteiger partial charge in [0, 0.05) is 60.5 Å². The molecule has 0 spiro atoms. The third kappa shape index (κ3) is 2.99. The molecule has 0 saturated heterocycles. The van der Waals surface area contributed by atoms with Gasteiger partial charge in [-0.05, 0) is 56.8 Å². The lowest BCUT2D eigenvalue weighted by atomic mass is 9.97. The minimum atomic E-state index is 0.425. The Labute approximate surface area is 155 Å². The van der Waals surface area contributed by atoms with Gasteiger partial charge in [-0.1, -0.05) is 6.07 Å². The zero-order chi connectivity index (χ0) is 18.1. The smallest absolute Gasteiger partial charge is 0.120 e. The van der Waals surface area contributed by atoms with E-state index in [2.05, 4.69) is 58.8 Å². The van der Waals surface area contributed by atoms with Crippen molar-refractivity contribution in [3.05, 3.63) is 59.5 Å². The number of fused-ring (bicyclic) bond motifs is 3. The summed E-state index contributed by atoms with van der Waals surface area (Å²) in [6.45, 7) is 7.12. The van der Waals surface area contributed by atoms with Crippen LogP contribution in [0.3, 0.4) is 0 Å². The van der Waals surface area contributed by atoms with E-state index in [1.807, 2.05) is 19.2 Å². The van der Waals surface area contributed by atoms with Crippen molar-refractivity contribution in [2.45, 2.75) is 39.3 Å². The van der Waals surface area contributed by atoms with Gasteiger partial charge in [0.05, 0.1) is 6.61 Å². The second-order valence-corrected chi connectivity index (χ2v) is 7.10. The van der Waals surface area contributed by atoms with Crippen molar-refractivity contribution in [2.75, 3.05) is 20.2 Å². The van der Waals surface area contributed by atoms with Gasteiger partial charge in [0.1, 0.15) is 5.75 Å². The number of rotatable bonds is 5. The summed E-state index contributed by atoms with van der Waals surface area (Å²) in [5.41, 5.74) is 5.41. The first-order valence-electron chi connectivity index (χ1n) is 9.57. The number of benzene rings is 1. The highest BCUT2D eigenvalue weighted by Gasteiger charge is 2.28. The molecule has 1 unspecified atom stereocenters. The van der Waals surface area contributed by atoms with E-state index < -0.39 is 0 Å². The number of hydrogen-bond acceptors (Lipinski definition) is 3. The summed E-state index contributed by atoms with van der Waals surface area (Å²) in [5.74, 6) is 0.963. The zero-order valence-corrected chi connectivity index (χ0v) is 15.9. The monoisotopic (exact) mass is 349 g/mol. The van der Waals surface area contributed by atoms with Crippen molar-refractivity contribution >= 4 is 10.9 Å². The molecular formula is C22H27N3O. The van der Waals surface area contributed by atoms with Crippen molar-refractivity contribution < 1.29 is 4.74 Å². The number of nitrogens with zero attached hydrogens (tertiary/aromatic N) is 3. The van der Waals surface area contributed by atoms with Gasteiger partial charge in [-0.2, -0.15) is 0 Å². The lowest BCUT2D eigenvalue weighted by Gasteiger charge is -2.31. The maximum atomic E-state index is 5.77. The average Bonchev–Trinajstić information content (AvgIpc) is 2.97. The van der Waals surface area contributed by atoms with E-state index in [1.54, 1.807) is 0 Å². The Morgan fingerprint density at radius 1 is 1.23 bits per heavy atom. The fraction of sp³-hybridized carbons (Fsp3) is 0.409. The predicted molar refractivity (Wildman–Crippen MR) is 106 cm³/mol. The Balaban J connectivity index is 1.79. The Hall–Kier alpha value is -2.33. The third-order valence-electron chi connectivity index (χ3n) is 5.59. The lowest BCUT2D eigenvalue weighted by molar-refractivity contribution is 0.245. The first-order chi connectivity index (χ1) is 12.7. The Morgan fingerprint density at radius 3 is 2.88 bits per heavy atom. The molecule has 0 radical (unpaired) electrons. The largest absolute Gasteiger partial charge is 0.494 e. The first-order valence-corrected chi connectivity index (χ1v) is 9.57. The number of pyridine rings is 1. The molecule has 0 amide bonds. The molecule has 4 rings (SSSR count). The molecule has 3 aromatic rings. The number of hydrogen-bond donors (Lipinski definition) is 0. The molecule has 3 heterocycles. The maximum Gasteiger partial charge on any atom is 0.120 e. The van der Waals surface area contributed by atoms with Crippen LogP contribution in [0, 0.1) is 0 Å². The van der Waals surface area contributed by atoms with E-state index in [0.29, 0.717) is 12.6 Å². The summed E-state index contributed by atoms with van der Waals surface area (Å²) in [6.07, 6.45) is 3.93. The number of ether oxygens (including phenoxy) is 1. The third-order valence-corrected chi connectivity index (χ3v) is 5.59. The molecule has 0 N–H and O–H groups in total. The highest BCUT2D eigenvalue weighted by Crippen LogP contribution is 2.38.